The molecule has 0 N–H and O–H groups in total. The lowest BCUT2D eigenvalue weighted by Gasteiger charge is -2.34. The summed E-state index contributed by atoms with van der Waals surface area (Å²) in [6.45, 7) is 6.20. The smallest absolute Gasteiger partial charge is 0.321 e. The fourth-order valence-corrected chi connectivity index (χ4v) is 4.34. The van der Waals surface area contributed by atoms with Crippen LogP contribution in [0.4, 0.5) is 0 Å². The Labute approximate surface area is 150 Å². The molecular formula is C20H20O6. The van der Waals surface area contributed by atoms with Crippen molar-refractivity contribution >= 4 is 23.9 Å². The SMILES string of the molecule is CC(C)(C)c1ccc2c(c1)C1C(=O)OC(=O)C1CC2C1CC(=O)OC1=O. The molecule has 0 radical (unpaired) electrons. The first-order valence-electron chi connectivity index (χ1n) is 8.81. The number of cyclic esters (lactones) is 4. The Morgan fingerprint density at radius 1 is 0.846 bits per heavy atom. The molecule has 136 valence electrons. The molecule has 0 aromatic heterocycles. The summed E-state index contributed by atoms with van der Waals surface area (Å²) in [5.74, 6) is -4.38. The van der Waals surface area contributed by atoms with Gasteiger partial charge in [0.1, 0.15) is 0 Å². The van der Waals surface area contributed by atoms with E-state index in [-0.39, 0.29) is 17.8 Å². The van der Waals surface area contributed by atoms with Crippen LogP contribution in [0.25, 0.3) is 0 Å². The number of hydrogen-bond acceptors (Lipinski definition) is 6. The molecule has 0 amide bonds. The van der Waals surface area contributed by atoms with E-state index in [1.54, 1.807) is 0 Å². The predicted molar refractivity (Wildman–Crippen MR) is 89.0 cm³/mol. The molecule has 0 saturated carbocycles. The van der Waals surface area contributed by atoms with Gasteiger partial charge in [-0.1, -0.05) is 39.0 Å². The Balaban J connectivity index is 1.85. The number of ether oxygens (including phenoxy) is 2. The van der Waals surface area contributed by atoms with Gasteiger partial charge < -0.3 is 9.47 Å². The summed E-state index contributed by atoms with van der Waals surface area (Å²) in [6.07, 6.45) is 0.314. The van der Waals surface area contributed by atoms with Crippen LogP contribution in [0.3, 0.4) is 0 Å². The van der Waals surface area contributed by atoms with E-state index in [1.807, 2.05) is 18.2 Å². The molecular weight excluding hydrogens is 336 g/mol. The summed E-state index contributed by atoms with van der Waals surface area (Å²) in [6, 6.07) is 5.85. The summed E-state index contributed by atoms with van der Waals surface area (Å²) < 4.78 is 9.61. The summed E-state index contributed by atoms with van der Waals surface area (Å²) in [7, 11) is 0. The Kier molecular flexibility index (Phi) is 3.58. The Bertz CT molecular complexity index is 846. The van der Waals surface area contributed by atoms with E-state index in [4.69, 9.17) is 9.47 Å². The highest BCUT2D eigenvalue weighted by Crippen LogP contribution is 2.51. The standard InChI is InChI=1S/C20H20O6/c1-20(2,3)9-4-5-10-11(13-8-15(21)25-17(13)22)7-14-16(12(10)6-9)19(24)26-18(14)23/h4-6,11,13-14,16H,7-8H2,1-3H3. The van der Waals surface area contributed by atoms with Crippen LogP contribution in [0, 0.1) is 11.8 Å². The molecule has 6 heteroatoms. The topological polar surface area (TPSA) is 86.7 Å². The number of carbonyl (C=O) groups excluding carboxylic acids is 4. The first-order chi connectivity index (χ1) is 12.2. The van der Waals surface area contributed by atoms with Gasteiger partial charge in [-0.2, -0.15) is 0 Å². The second kappa shape index (κ2) is 5.50. The Morgan fingerprint density at radius 3 is 2.15 bits per heavy atom. The summed E-state index contributed by atoms with van der Waals surface area (Å²) >= 11 is 0. The minimum Gasteiger partial charge on any atom is -0.393 e. The van der Waals surface area contributed by atoms with E-state index in [1.165, 1.54) is 0 Å². The number of fused-ring (bicyclic) bond motifs is 3. The molecule has 2 fully saturated rings. The molecule has 6 nitrogen and oxygen atoms in total. The van der Waals surface area contributed by atoms with Crippen molar-refractivity contribution in [2.24, 2.45) is 11.8 Å². The van der Waals surface area contributed by atoms with Crippen LogP contribution in [0.5, 0.6) is 0 Å². The van der Waals surface area contributed by atoms with Crippen LogP contribution in [0.1, 0.15) is 62.1 Å². The molecule has 2 heterocycles. The lowest BCUT2D eigenvalue weighted by Crippen LogP contribution is -2.31. The van der Waals surface area contributed by atoms with Gasteiger partial charge in [-0.25, -0.2) is 0 Å². The first-order valence-corrected chi connectivity index (χ1v) is 8.81. The lowest BCUT2D eigenvalue weighted by atomic mass is 9.66. The first kappa shape index (κ1) is 16.9. The predicted octanol–water partition coefficient (Wildman–Crippen LogP) is 2.34. The fraction of sp³-hybridized carbons (Fsp3) is 0.500. The molecule has 4 unspecified atom stereocenters. The van der Waals surface area contributed by atoms with Crippen LogP contribution >= 0.6 is 0 Å². The van der Waals surface area contributed by atoms with Crippen LogP contribution in [-0.4, -0.2) is 23.9 Å². The monoisotopic (exact) mass is 356 g/mol. The summed E-state index contributed by atoms with van der Waals surface area (Å²) in [5.41, 5.74) is 2.48. The fourth-order valence-electron chi connectivity index (χ4n) is 4.34. The highest BCUT2D eigenvalue weighted by Gasteiger charge is 2.53. The van der Waals surface area contributed by atoms with Gasteiger partial charge in [-0.3, -0.25) is 19.2 Å². The maximum Gasteiger partial charge on any atom is 0.321 e. The summed E-state index contributed by atoms with van der Waals surface area (Å²) in [5, 5.41) is 0. The number of rotatable bonds is 1. The zero-order valence-electron chi connectivity index (χ0n) is 14.9. The Morgan fingerprint density at radius 2 is 1.54 bits per heavy atom. The molecule has 4 rings (SSSR count). The highest BCUT2D eigenvalue weighted by molar-refractivity contribution is 6.01. The van der Waals surface area contributed by atoms with Crippen molar-refractivity contribution in [3.05, 3.63) is 34.9 Å². The van der Waals surface area contributed by atoms with Gasteiger partial charge in [0, 0.05) is 0 Å². The molecule has 26 heavy (non-hydrogen) atoms. The molecule has 1 aromatic rings. The second-order valence-corrected chi connectivity index (χ2v) is 8.36. The highest BCUT2D eigenvalue weighted by atomic mass is 16.6. The van der Waals surface area contributed by atoms with Crippen LogP contribution in [0.15, 0.2) is 18.2 Å². The van der Waals surface area contributed by atoms with Gasteiger partial charge in [0.2, 0.25) is 0 Å². The van der Waals surface area contributed by atoms with Crippen LogP contribution in [-0.2, 0) is 34.1 Å². The van der Waals surface area contributed by atoms with Gasteiger partial charge in [0.15, 0.2) is 0 Å². The Hall–Kier alpha value is -2.50. The maximum atomic E-state index is 12.3. The quantitative estimate of drug-likeness (QED) is 0.567. The van der Waals surface area contributed by atoms with Crippen molar-refractivity contribution in [1.29, 1.82) is 0 Å². The van der Waals surface area contributed by atoms with E-state index in [0.29, 0.717) is 6.42 Å². The third kappa shape index (κ3) is 2.47. The third-order valence-electron chi connectivity index (χ3n) is 5.74. The normalized spacial score (nSPS) is 30.7. The van der Waals surface area contributed by atoms with Crippen molar-refractivity contribution < 1.29 is 28.7 Å². The van der Waals surface area contributed by atoms with Gasteiger partial charge in [0.25, 0.3) is 0 Å². The van der Waals surface area contributed by atoms with Crippen LogP contribution in [0.2, 0.25) is 0 Å². The zero-order chi connectivity index (χ0) is 18.8. The lowest BCUT2D eigenvalue weighted by molar-refractivity contribution is -0.155. The minimum absolute atomic E-state index is 0.00431. The zero-order valence-corrected chi connectivity index (χ0v) is 14.9. The van der Waals surface area contributed by atoms with E-state index in [0.717, 1.165) is 16.7 Å². The van der Waals surface area contributed by atoms with Gasteiger partial charge in [0.05, 0.1) is 24.2 Å². The molecule has 0 spiro atoms. The molecule has 4 atom stereocenters. The maximum absolute atomic E-state index is 12.3. The van der Waals surface area contributed by atoms with Crippen molar-refractivity contribution in [1.82, 2.24) is 0 Å². The number of hydrogen-bond donors (Lipinski definition) is 0. The number of esters is 4. The third-order valence-corrected chi connectivity index (χ3v) is 5.74. The summed E-state index contributed by atoms with van der Waals surface area (Å²) in [4.78, 5) is 48.2. The van der Waals surface area contributed by atoms with E-state index >= 15 is 0 Å². The average Bonchev–Trinajstić information content (AvgIpc) is 3.03. The van der Waals surface area contributed by atoms with Crippen molar-refractivity contribution in [2.45, 2.75) is 50.9 Å². The molecule has 1 aliphatic carbocycles. The number of benzene rings is 1. The van der Waals surface area contributed by atoms with Gasteiger partial charge in [-0.05, 0) is 34.4 Å². The van der Waals surface area contributed by atoms with Crippen molar-refractivity contribution in [3.8, 4) is 0 Å². The molecule has 0 bridgehead atoms. The molecule has 2 aliphatic heterocycles. The van der Waals surface area contributed by atoms with Crippen LogP contribution < -0.4 is 0 Å². The van der Waals surface area contributed by atoms with Crippen molar-refractivity contribution in [2.75, 3.05) is 0 Å². The molecule has 2 saturated heterocycles. The molecule has 1 aromatic carbocycles. The van der Waals surface area contributed by atoms with Crippen molar-refractivity contribution in [3.63, 3.8) is 0 Å². The van der Waals surface area contributed by atoms with E-state index in [2.05, 4.69) is 20.8 Å². The van der Waals surface area contributed by atoms with Gasteiger partial charge >= 0.3 is 23.9 Å². The minimum atomic E-state index is -0.635. The average molecular weight is 356 g/mol. The van der Waals surface area contributed by atoms with E-state index < -0.39 is 41.6 Å². The molecule has 3 aliphatic rings. The van der Waals surface area contributed by atoms with E-state index in [9.17, 15) is 19.2 Å². The van der Waals surface area contributed by atoms with Gasteiger partial charge in [-0.15, -0.1) is 0 Å². The second-order valence-electron chi connectivity index (χ2n) is 8.36. The largest absolute Gasteiger partial charge is 0.393 e. The number of carbonyl (C=O) groups is 4.